The van der Waals surface area contributed by atoms with Gasteiger partial charge in [0, 0.05) is 17.6 Å². The summed E-state index contributed by atoms with van der Waals surface area (Å²) in [6.45, 7) is 3.38. The van der Waals surface area contributed by atoms with E-state index in [2.05, 4.69) is 21.2 Å². The van der Waals surface area contributed by atoms with Crippen molar-refractivity contribution in [2.75, 3.05) is 25.0 Å². The molecule has 0 saturated carbocycles. The standard InChI is InChI=1S/C22H25BrN2O3/c1-16-14-17(10-11-19(16)23)28-15-21(26)24-20-9-5-4-8-18(20)22(27)25-12-6-2-3-7-13-25/h4-5,8-11,14H,2-3,6-7,12-13,15H2,1H3,(H,24,26). The van der Waals surface area contributed by atoms with Gasteiger partial charge in [-0.3, -0.25) is 9.59 Å². The summed E-state index contributed by atoms with van der Waals surface area (Å²) < 4.78 is 6.57. The lowest BCUT2D eigenvalue weighted by atomic mass is 10.1. The normalized spacial score (nSPS) is 14.3. The topological polar surface area (TPSA) is 58.6 Å². The Bertz CT molecular complexity index is 845. The summed E-state index contributed by atoms with van der Waals surface area (Å²) in [6.07, 6.45) is 4.38. The number of benzene rings is 2. The molecule has 2 amide bonds. The van der Waals surface area contributed by atoms with Gasteiger partial charge in [0.25, 0.3) is 11.8 Å². The molecule has 5 nitrogen and oxygen atoms in total. The Kier molecular flexibility index (Phi) is 7.09. The highest BCUT2D eigenvalue weighted by atomic mass is 79.9. The van der Waals surface area contributed by atoms with Crippen molar-refractivity contribution in [1.29, 1.82) is 0 Å². The summed E-state index contributed by atoms with van der Waals surface area (Å²) in [5.41, 5.74) is 2.08. The molecule has 2 aromatic carbocycles. The summed E-state index contributed by atoms with van der Waals surface area (Å²) in [7, 11) is 0. The van der Waals surface area contributed by atoms with Gasteiger partial charge in [0.15, 0.2) is 6.61 Å². The third kappa shape index (κ3) is 5.35. The number of amides is 2. The second-order valence-corrected chi connectivity index (χ2v) is 7.85. The summed E-state index contributed by atoms with van der Waals surface area (Å²) in [5.74, 6) is 0.309. The molecule has 1 N–H and O–H groups in total. The van der Waals surface area contributed by atoms with Crippen LogP contribution in [0.15, 0.2) is 46.9 Å². The number of rotatable bonds is 5. The van der Waals surface area contributed by atoms with Crippen LogP contribution in [0.2, 0.25) is 0 Å². The molecule has 6 heteroatoms. The summed E-state index contributed by atoms with van der Waals surface area (Å²) in [5, 5.41) is 2.82. The molecular formula is C22H25BrN2O3. The Morgan fingerprint density at radius 2 is 1.79 bits per heavy atom. The largest absolute Gasteiger partial charge is 0.484 e. The number of likely N-dealkylation sites (tertiary alicyclic amines) is 1. The van der Waals surface area contributed by atoms with Crippen LogP contribution in [0.25, 0.3) is 0 Å². The first-order valence-electron chi connectivity index (χ1n) is 9.62. The highest BCUT2D eigenvalue weighted by molar-refractivity contribution is 9.10. The van der Waals surface area contributed by atoms with Crippen LogP contribution in [-0.4, -0.2) is 36.4 Å². The van der Waals surface area contributed by atoms with E-state index in [1.165, 1.54) is 0 Å². The Balaban J connectivity index is 1.64. The summed E-state index contributed by atoms with van der Waals surface area (Å²) in [6, 6.07) is 12.7. The van der Waals surface area contributed by atoms with Gasteiger partial charge in [0.1, 0.15) is 5.75 Å². The third-order valence-corrected chi connectivity index (χ3v) is 5.71. The molecule has 1 fully saturated rings. The van der Waals surface area contributed by atoms with E-state index in [1.54, 1.807) is 18.2 Å². The molecule has 0 unspecified atom stereocenters. The quantitative estimate of drug-likeness (QED) is 0.720. The molecule has 28 heavy (non-hydrogen) atoms. The van der Waals surface area contributed by atoms with E-state index in [4.69, 9.17) is 4.74 Å². The molecule has 1 aliphatic rings. The van der Waals surface area contributed by atoms with Crippen molar-refractivity contribution in [1.82, 2.24) is 4.90 Å². The van der Waals surface area contributed by atoms with Crippen LogP contribution in [-0.2, 0) is 4.79 Å². The van der Waals surface area contributed by atoms with Gasteiger partial charge in [0.05, 0.1) is 11.3 Å². The average molecular weight is 445 g/mol. The zero-order valence-corrected chi connectivity index (χ0v) is 17.6. The maximum atomic E-state index is 12.9. The predicted octanol–water partition coefficient (Wildman–Crippen LogP) is 4.79. The molecule has 0 aromatic heterocycles. The molecule has 1 aliphatic heterocycles. The number of para-hydroxylation sites is 1. The number of nitrogens with zero attached hydrogens (tertiary/aromatic N) is 1. The first-order chi connectivity index (χ1) is 13.5. The Labute approximate surface area is 174 Å². The first kappa shape index (κ1) is 20.4. The van der Waals surface area contributed by atoms with Gasteiger partial charge >= 0.3 is 0 Å². The van der Waals surface area contributed by atoms with Gasteiger partial charge in [0.2, 0.25) is 0 Å². The van der Waals surface area contributed by atoms with E-state index >= 15 is 0 Å². The minimum Gasteiger partial charge on any atom is -0.484 e. The number of hydrogen-bond acceptors (Lipinski definition) is 3. The van der Waals surface area contributed by atoms with Crippen molar-refractivity contribution < 1.29 is 14.3 Å². The Morgan fingerprint density at radius 3 is 2.50 bits per heavy atom. The van der Waals surface area contributed by atoms with E-state index in [1.807, 2.05) is 36.1 Å². The fourth-order valence-corrected chi connectivity index (χ4v) is 3.51. The van der Waals surface area contributed by atoms with Gasteiger partial charge in [-0.2, -0.15) is 0 Å². The molecule has 2 aromatic rings. The van der Waals surface area contributed by atoms with Crippen LogP contribution in [0.1, 0.15) is 41.6 Å². The fraction of sp³-hybridized carbons (Fsp3) is 0.364. The number of nitrogens with one attached hydrogen (secondary N) is 1. The van der Waals surface area contributed by atoms with E-state index in [-0.39, 0.29) is 18.4 Å². The Hall–Kier alpha value is -2.34. The third-order valence-electron chi connectivity index (χ3n) is 4.82. The van der Waals surface area contributed by atoms with Crippen LogP contribution < -0.4 is 10.1 Å². The van der Waals surface area contributed by atoms with Crippen LogP contribution in [0, 0.1) is 6.92 Å². The number of carbonyl (C=O) groups is 2. The second kappa shape index (κ2) is 9.73. The highest BCUT2D eigenvalue weighted by Crippen LogP contribution is 2.22. The molecule has 0 bridgehead atoms. The van der Waals surface area contributed by atoms with Crippen molar-refractivity contribution in [3.05, 3.63) is 58.1 Å². The zero-order chi connectivity index (χ0) is 19.9. The molecule has 148 valence electrons. The number of halogens is 1. The highest BCUT2D eigenvalue weighted by Gasteiger charge is 2.20. The minimum absolute atomic E-state index is 0.0257. The van der Waals surface area contributed by atoms with Crippen LogP contribution in [0.3, 0.4) is 0 Å². The summed E-state index contributed by atoms with van der Waals surface area (Å²) >= 11 is 3.44. The molecule has 1 heterocycles. The average Bonchev–Trinajstić information content (AvgIpc) is 2.98. The van der Waals surface area contributed by atoms with Gasteiger partial charge in [-0.25, -0.2) is 0 Å². The minimum atomic E-state index is -0.295. The van der Waals surface area contributed by atoms with Crippen LogP contribution >= 0.6 is 15.9 Å². The predicted molar refractivity (Wildman–Crippen MR) is 114 cm³/mol. The van der Waals surface area contributed by atoms with Gasteiger partial charge in [-0.15, -0.1) is 0 Å². The van der Waals surface area contributed by atoms with Crippen molar-refractivity contribution in [3.63, 3.8) is 0 Å². The smallest absolute Gasteiger partial charge is 0.262 e. The van der Waals surface area contributed by atoms with E-state index in [0.717, 1.165) is 48.8 Å². The fourth-order valence-electron chi connectivity index (χ4n) is 3.26. The second-order valence-electron chi connectivity index (χ2n) is 7.00. The van der Waals surface area contributed by atoms with Gasteiger partial charge in [-0.05, 0) is 55.7 Å². The van der Waals surface area contributed by atoms with Crippen molar-refractivity contribution in [3.8, 4) is 5.75 Å². The van der Waals surface area contributed by atoms with Crippen LogP contribution in [0.4, 0.5) is 5.69 Å². The zero-order valence-electron chi connectivity index (χ0n) is 16.0. The molecular weight excluding hydrogens is 420 g/mol. The van der Waals surface area contributed by atoms with Crippen LogP contribution in [0.5, 0.6) is 5.75 Å². The molecule has 1 saturated heterocycles. The molecule has 0 atom stereocenters. The lowest BCUT2D eigenvalue weighted by molar-refractivity contribution is -0.118. The van der Waals surface area contributed by atoms with Gasteiger partial charge < -0.3 is 15.0 Å². The number of anilines is 1. The van der Waals surface area contributed by atoms with E-state index in [0.29, 0.717) is 17.0 Å². The maximum Gasteiger partial charge on any atom is 0.262 e. The number of aryl methyl sites for hydroxylation is 1. The Morgan fingerprint density at radius 1 is 1.07 bits per heavy atom. The van der Waals surface area contributed by atoms with E-state index < -0.39 is 0 Å². The van der Waals surface area contributed by atoms with Crippen molar-refractivity contribution in [2.24, 2.45) is 0 Å². The van der Waals surface area contributed by atoms with Gasteiger partial charge in [-0.1, -0.05) is 40.9 Å². The molecule has 0 aliphatic carbocycles. The lowest BCUT2D eigenvalue weighted by Gasteiger charge is -2.22. The molecule has 0 spiro atoms. The summed E-state index contributed by atoms with van der Waals surface area (Å²) in [4.78, 5) is 27.2. The van der Waals surface area contributed by atoms with Crippen molar-refractivity contribution >= 4 is 33.4 Å². The molecule has 3 rings (SSSR count). The van der Waals surface area contributed by atoms with Crippen molar-refractivity contribution in [2.45, 2.75) is 32.6 Å². The number of ether oxygens (including phenoxy) is 1. The number of carbonyl (C=O) groups excluding carboxylic acids is 2. The monoisotopic (exact) mass is 444 g/mol. The molecule has 0 radical (unpaired) electrons. The lowest BCUT2D eigenvalue weighted by Crippen LogP contribution is -2.33. The number of hydrogen-bond donors (Lipinski definition) is 1. The van der Waals surface area contributed by atoms with E-state index in [9.17, 15) is 9.59 Å². The SMILES string of the molecule is Cc1cc(OCC(=O)Nc2ccccc2C(=O)N2CCCCCC2)ccc1Br. The first-order valence-corrected chi connectivity index (χ1v) is 10.4. The maximum absolute atomic E-state index is 12.9.